The van der Waals surface area contributed by atoms with E-state index in [-0.39, 0.29) is 28.8 Å². The molecule has 4 nitrogen and oxygen atoms in total. The van der Waals surface area contributed by atoms with Crippen LogP contribution in [0.1, 0.15) is 65.7 Å². The third-order valence-electron chi connectivity index (χ3n) is 8.63. The van der Waals surface area contributed by atoms with Gasteiger partial charge in [-0.15, -0.1) is 0 Å². The van der Waals surface area contributed by atoms with Crippen LogP contribution in [0.2, 0.25) is 0 Å². The Morgan fingerprint density at radius 1 is 1.20 bits per heavy atom. The average molecular weight is 346 g/mol. The van der Waals surface area contributed by atoms with Gasteiger partial charge in [-0.3, -0.25) is 9.59 Å². The minimum absolute atomic E-state index is 0.117. The minimum atomic E-state index is -1.30. The molecule has 0 aromatic rings. The van der Waals surface area contributed by atoms with Gasteiger partial charge in [0.2, 0.25) is 0 Å². The molecule has 7 atom stereocenters. The quantitative estimate of drug-likeness (QED) is 0.766. The highest BCUT2D eigenvalue weighted by Gasteiger charge is 2.67. The third kappa shape index (κ3) is 2.07. The zero-order chi connectivity index (χ0) is 18.2. The first-order chi connectivity index (χ1) is 11.6. The van der Waals surface area contributed by atoms with Gasteiger partial charge >= 0.3 is 0 Å². The van der Waals surface area contributed by atoms with Crippen molar-refractivity contribution in [2.24, 2.45) is 28.6 Å². The maximum Gasteiger partial charge on any atom is 0.161 e. The van der Waals surface area contributed by atoms with Crippen molar-refractivity contribution in [1.82, 2.24) is 0 Å². The van der Waals surface area contributed by atoms with Crippen LogP contribution in [0.5, 0.6) is 0 Å². The minimum Gasteiger partial charge on any atom is -0.393 e. The lowest BCUT2D eigenvalue weighted by atomic mass is 9.45. The predicted octanol–water partition coefficient (Wildman–Crippen LogP) is 2.81. The van der Waals surface area contributed by atoms with Crippen molar-refractivity contribution in [1.29, 1.82) is 0 Å². The molecule has 4 aliphatic rings. The number of hydrogen-bond donors (Lipinski definition) is 2. The van der Waals surface area contributed by atoms with Gasteiger partial charge < -0.3 is 10.2 Å². The van der Waals surface area contributed by atoms with Crippen LogP contribution in [-0.4, -0.2) is 33.5 Å². The highest BCUT2D eigenvalue weighted by Crippen LogP contribution is 2.67. The van der Waals surface area contributed by atoms with E-state index < -0.39 is 17.1 Å². The Balaban J connectivity index is 1.75. The van der Waals surface area contributed by atoms with Crippen molar-refractivity contribution in [3.8, 4) is 0 Å². The molecule has 0 aliphatic heterocycles. The summed E-state index contributed by atoms with van der Waals surface area (Å²) in [5, 5.41) is 22.3. The normalized spacial score (nSPS) is 52.0. The van der Waals surface area contributed by atoms with Crippen molar-refractivity contribution < 1.29 is 19.8 Å². The molecule has 0 radical (unpaired) electrons. The molecule has 0 heterocycles. The van der Waals surface area contributed by atoms with E-state index in [4.69, 9.17) is 0 Å². The van der Waals surface area contributed by atoms with Gasteiger partial charge in [-0.2, -0.15) is 0 Å². The van der Waals surface area contributed by atoms with Crippen LogP contribution in [0.3, 0.4) is 0 Å². The van der Waals surface area contributed by atoms with Gasteiger partial charge in [0.05, 0.1) is 6.10 Å². The summed E-state index contributed by atoms with van der Waals surface area (Å²) in [5.41, 5.74) is -0.744. The molecule has 3 fully saturated rings. The standard InChI is InChI=1S/C21H30O4/c1-12(22)21(25)9-7-16-15-5-4-13-10-14(23)6-8-19(13,2)18(15)17(24)11-20(16,21)3/h10,15-18,24-25H,4-9,11H2,1-3H3/t15-,16+,17+,18+,19-,20+,21-/m0/s1. The molecule has 138 valence electrons. The smallest absolute Gasteiger partial charge is 0.161 e. The summed E-state index contributed by atoms with van der Waals surface area (Å²) < 4.78 is 0. The van der Waals surface area contributed by atoms with E-state index >= 15 is 0 Å². The molecule has 4 heteroatoms. The number of aliphatic hydroxyl groups excluding tert-OH is 1. The van der Waals surface area contributed by atoms with Gasteiger partial charge in [0.15, 0.2) is 11.6 Å². The zero-order valence-electron chi connectivity index (χ0n) is 15.5. The van der Waals surface area contributed by atoms with Gasteiger partial charge in [0, 0.05) is 11.8 Å². The summed E-state index contributed by atoms with van der Waals surface area (Å²) in [6, 6.07) is 0. The number of fused-ring (bicyclic) bond motifs is 5. The summed E-state index contributed by atoms with van der Waals surface area (Å²) >= 11 is 0. The molecular weight excluding hydrogens is 316 g/mol. The van der Waals surface area contributed by atoms with E-state index in [0.29, 0.717) is 25.2 Å². The lowest BCUT2D eigenvalue weighted by Gasteiger charge is -2.60. The van der Waals surface area contributed by atoms with Crippen LogP contribution < -0.4 is 0 Å². The van der Waals surface area contributed by atoms with Gasteiger partial charge in [0.1, 0.15) is 5.60 Å². The molecular formula is C21H30O4. The average Bonchev–Trinajstić information content (AvgIpc) is 2.80. The SMILES string of the molecule is CC(=O)[C@@]1(O)CC[C@@H]2[C@@H]3CCC4=CC(=O)CC[C@]4(C)[C@H]3[C@H](O)C[C@]21C. The van der Waals surface area contributed by atoms with Crippen LogP contribution in [0, 0.1) is 28.6 Å². The van der Waals surface area contributed by atoms with E-state index in [1.54, 1.807) is 0 Å². The Labute approximate surface area is 149 Å². The summed E-state index contributed by atoms with van der Waals surface area (Å²) in [7, 11) is 0. The number of allylic oxidation sites excluding steroid dienone is 1. The molecule has 4 rings (SSSR count). The molecule has 3 saturated carbocycles. The summed E-state index contributed by atoms with van der Waals surface area (Å²) in [6.07, 6.45) is 6.38. The first-order valence-electron chi connectivity index (χ1n) is 9.79. The van der Waals surface area contributed by atoms with E-state index in [9.17, 15) is 19.8 Å². The summed E-state index contributed by atoms with van der Waals surface area (Å²) in [5.74, 6) is 0.776. The number of rotatable bonds is 1. The maximum atomic E-state index is 12.2. The molecule has 25 heavy (non-hydrogen) atoms. The molecule has 0 aromatic carbocycles. The zero-order valence-corrected chi connectivity index (χ0v) is 15.5. The lowest BCUT2D eigenvalue weighted by Crippen LogP contribution is -2.61. The van der Waals surface area contributed by atoms with Crippen LogP contribution in [0.15, 0.2) is 11.6 Å². The third-order valence-corrected chi connectivity index (χ3v) is 8.63. The first kappa shape index (κ1) is 17.4. The number of hydrogen-bond acceptors (Lipinski definition) is 4. The topological polar surface area (TPSA) is 74.6 Å². The Bertz CT molecular complexity index is 667. The number of Topliss-reactive ketones (excluding diaryl/α,β-unsaturated/α-hetero) is 1. The van der Waals surface area contributed by atoms with Gasteiger partial charge in [-0.1, -0.05) is 19.4 Å². The van der Waals surface area contributed by atoms with Crippen LogP contribution >= 0.6 is 0 Å². The van der Waals surface area contributed by atoms with Crippen molar-refractivity contribution >= 4 is 11.6 Å². The van der Waals surface area contributed by atoms with Gasteiger partial charge in [0.25, 0.3) is 0 Å². The molecule has 0 saturated heterocycles. The summed E-state index contributed by atoms with van der Waals surface area (Å²) in [6.45, 7) is 5.73. The Kier molecular flexibility index (Phi) is 3.66. The van der Waals surface area contributed by atoms with Crippen molar-refractivity contribution in [3.63, 3.8) is 0 Å². The second-order valence-electron chi connectivity index (χ2n) is 9.53. The van der Waals surface area contributed by atoms with Crippen molar-refractivity contribution in [2.75, 3.05) is 0 Å². The molecule has 0 unspecified atom stereocenters. The van der Waals surface area contributed by atoms with Gasteiger partial charge in [-0.05, 0) is 74.7 Å². The fourth-order valence-electron chi connectivity index (χ4n) is 7.27. The largest absolute Gasteiger partial charge is 0.393 e. The fraction of sp³-hybridized carbons (Fsp3) is 0.810. The van der Waals surface area contributed by atoms with E-state index in [1.807, 2.05) is 13.0 Å². The van der Waals surface area contributed by atoms with Crippen LogP contribution in [0.25, 0.3) is 0 Å². The van der Waals surface area contributed by atoms with Crippen molar-refractivity contribution in [3.05, 3.63) is 11.6 Å². The second kappa shape index (κ2) is 5.26. The molecule has 0 aromatic heterocycles. The number of aliphatic hydroxyl groups is 2. The fourth-order valence-corrected chi connectivity index (χ4v) is 7.27. The van der Waals surface area contributed by atoms with E-state index in [1.165, 1.54) is 12.5 Å². The van der Waals surface area contributed by atoms with E-state index in [0.717, 1.165) is 25.7 Å². The highest BCUT2D eigenvalue weighted by molar-refractivity contribution is 5.91. The molecule has 2 N–H and O–H groups in total. The predicted molar refractivity (Wildman–Crippen MR) is 93.7 cm³/mol. The second-order valence-corrected chi connectivity index (χ2v) is 9.53. The lowest BCUT2D eigenvalue weighted by molar-refractivity contribution is -0.179. The number of carbonyl (C=O) groups is 2. The molecule has 0 spiro atoms. The van der Waals surface area contributed by atoms with Gasteiger partial charge in [-0.25, -0.2) is 0 Å². The Morgan fingerprint density at radius 2 is 1.92 bits per heavy atom. The maximum absolute atomic E-state index is 12.2. The van der Waals surface area contributed by atoms with Crippen LogP contribution in [-0.2, 0) is 9.59 Å². The summed E-state index contributed by atoms with van der Waals surface area (Å²) in [4.78, 5) is 24.1. The van der Waals surface area contributed by atoms with Crippen molar-refractivity contribution in [2.45, 2.75) is 77.4 Å². The Morgan fingerprint density at radius 3 is 2.60 bits per heavy atom. The number of carbonyl (C=O) groups excluding carboxylic acids is 2. The first-order valence-corrected chi connectivity index (χ1v) is 9.79. The molecule has 4 aliphatic carbocycles. The Hall–Kier alpha value is -1.00. The van der Waals surface area contributed by atoms with Crippen LogP contribution in [0.4, 0.5) is 0 Å². The highest BCUT2D eigenvalue weighted by atomic mass is 16.3. The molecule has 0 bridgehead atoms. The molecule has 0 amide bonds. The monoisotopic (exact) mass is 346 g/mol. The number of ketones is 2. The van der Waals surface area contributed by atoms with E-state index in [2.05, 4.69) is 6.92 Å².